The summed E-state index contributed by atoms with van der Waals surface area (Å²) in [5.41, 5.74) is 3.87. The molecule has 0 amide bonds. The molecule has 0 aliphatic carbocycles. The van der Waals surface area contributed by atoms with Crippen molar-refractivity contribution in [2.24, 2.45) is 0 Å². The molecule has 6 aromatic carbocycles. The third-order valence-corrected chi connectivity index (χ3v) is 11.0. The molecule has 10 aromatic rings. The molecule has 0 aliphatic rings. The molecule has 3 nitrogen and oxygen atoms in total. The summed E-state index contributed by atoms with van der Waals surface area (Å²) in [6.07, 6.45) is 1.97. The number of pyridine rings is 1. The predicted molar refractivity (Wildman–Crippen MR) is 189 cm³/mol. The average Bonchev–Trinajstić information content (AvgIpc) is 3.75. The molecular weight excluding hydrogens is 577 g/mol. The van der Waals surface area contributed by atoms with Gasteiger partial charge in [-0.3, -0.25) is 4.90 Å². The molecule has 0 bridgehead atoms. The molecule has 206 valence electrons. The number of anilines is 3. The number of benzene rings is 6. The van der Waals surface area contributed by atoms with Crippen molar-refractivity contribution in [3.8, 4) is 0 Å². The molecule has 0 unspecified atom stereocenters. The largest absolute Gasteiger partial charge is 0.455 e. The predicted octanol–water partition coefficient (Wildman–Crippen LogP) is 12.3. The summed E-state index contributed by atoms with van der Waals surface area (Å²) in [4.78, 5) is 7.34. The highest BCUT2D eigenvalue weighted by Gasteiger charge is 2.20. The molecule has 0 fully saturated rings. The van der Waals surface area contributed by atoms with Crippen molar-refractivity contribution in [1.82, 2.24) is 4.98 Å². The first kappa shape index (κ1) is 24.2. The van der Waals surface area contributed by atoms with E-state index in [0.29, 0.717) is 0 Å². The zero-order chi connectivity index (χ0) is 28.8. The van der Waals surface area contributed by atoms with Gasteiger partial charge in [0.2, 0.25) is 0 Å². The Kier molecular flexibility index (Phi) is 5.03. The molecule has 0 spiro atoms. The van der Waals surface area contributed by atoms with Crippen LogP contribution in [0.5, 0.6) is 0 Å². The van der Waals surface area contributed by atoms with Crippen LogP contribution in [0.4, 0.5) is 17.2 Å². The van der Waals surface area contributed by atoms with Crippen LogP contribution in [0.2, 0.25) is 0 Å². The summed E-state index contributed by atoms with van der Waals surface area (Å²) in [6.45, 7) is 0. The summed E-state index contributed by atoms with van der Waals surface area (Å²) < 4.78 is 11.7. The number of hydrogen-bond donors (Lipinski definition) is 0. The fourth-order valence-electron chi connectivity index (χ4n) is 6.63. The van der Waals surface area contributed by atoms with E-state index in [1.807, 2.05) is 28.9 Å². The van der Waals surface area contributed by atoms with E-state index in [4.69, 9.17) is 9.40 Å². The van der Waals surface area contributed by atoms with Crippen LogP contribution >= 0.6 is 22.7 Å². The van der Waals surface area contributed by atoms with Gasteiger partial charge in [-0.15, -0.1) is 22.7 Å². The lowest BCUT2D eigenvalue weighted by atomic mass is 10.1. The van der Waals surface area contributed by atoms with E-state index in [1.54, 1.807) is 0 Å². The van der Waals surface area contributed by atoms with Crippen LogP contribution in [-0.2, 0) is 0 Å². The lowest BCUT2D eigenvalue weighted by molar-refractivity contribution is 0.672. The first-order chi connectivity index (χ1) is 21.8. The highest BCUT2D eigenvalue weighted by atomic mass is 32.1. The SMILES string of the molecule is c1ccc2c(c1)ccc1c3cnc(N(c4ccc5c(c4)sc4ccccc45)c4ccc5c(c4)sc4ccccc45)cc3oc21. The number of rotatable bonds is 3. The summed E-state index contributed by atoms with van der Waals surface area (Å²) in [6, 6.07) is 45.6. The first-order valence-corrected chi connectivity index (χ1v) is 16.2. The molecule has 44 heavy (non-hydrogen) atoms. The molecule has 0 saturated carbocycles. The first-order valence-electron chi connectivity index (χ1n) is 14.6. The quantitative estimate of drug-likeness (QED) is 0.203. The Bertz CT molecular complexity index is 2640. The monoisotopic (exact) mass is 598 g/mol. The standard InChI is InChI=1S/C39H22N2OS2/c1-2-8-26-23(7-1)13-16-31-32-22-40-38(21-33(32)42-39(26)31)41(24-14-17-29-27-9-3-5-11-34(27)43-36(29)19-24)25-15-18-30-28-10-4-6-12-35(28)44-37(30)20-25/h1-22H. The number of nitrogens with zero attached hydrogens (tertiary/aromatic N) is 2. The second-order valence-corrected chi connectivity index (χ2v) is 13.4. The van der Waals surface area contributed by atoms with Gasteiger partial charge in [-0.05, 0) is 47.9 Å². The topological polar surface area (TPSA) is 29.3 Å². The Hall–Kier alpha value is -5.23. The number of furan rings is 1. The Balaban J connectivity index is 1.21. The van der Waals surface area contributed by atoms with Gasteiger partial charge < -0.3 is 4.42 Å². The van der Waals surface area contributed by atoms with E-state index < -0.39 is 0 Å². The van der Waals surface area contributed by atoms with E-state index in [9.17, 15) is 0 Å². The van der Waals surface area contributed by atoms with E-state index in [2.05, 4.69) is 132 Å². The Morgan fingerprint density at radius 1 is 0.477 bits per heavy atom. The maximum atomic E-state index is 6.59. The van der Waals surface area contributed by atoms with Crippen molar-refractivity contribution in [2.45, 2.75) is 0 Å². The second kappa shape index (κ2) is 9.13. The molecule has 0 aliphatic heterocycles. The van der Waals surface area contributed by atoms with E-state index >= 15 is 0 Å². The molecule has 0 atom stereocenters. The van der Waals surface area contributed by atoms with Crippen molar-refractivity contribution in [1.29, 1.82) is 0 Å². The van der Waals surface area contributed by atoms with Gasteiger partial charge in [0.1, 0.15) is 17.0 Å². The van der Waals surface area contributed by atoms with Gasteiger partial charge in [0.05, 0.1) is 0 Å². The zero-order valence-electron chi connectivity index (χ0n) is 23.3. The highest BCUT2D eigenvalue weighted by molar-refractivity contribution is 7.26. The minimum absolute atomic E-state index is 0.821. The highest BCUT2D eigenvalue weighted by Crippen LogP contribution is 2.44. The normalized spacial score (nSPS) is 12.1. The van der Waals surface area contributed by atoms with Gasteiger partial charge >= 0.3 is 0 Å². The molecular formula is C39H22N2OS2. The fourth-order valence-corrected chi connectivity index (χ4v) is 8.91. The van der Waals surface area contributed by atoms with Crippen LogP contribution in [0, 0.1) is 0 Å². The molecule has 0 saturated heterocycles. The number of aromatic nitrogens is 1. The molecule has 0 N–H and O–H groups in total. The lowest BCUT2D eigenvalue weighted by Gasteiger charge is -2.24. The molecule has 5 heteroatoms. The van der Waals surface area contributed by atoms with Crippen LogP contribution in [-0.4, -0.2) is 4.98 Å². The van der Waals surface area contributed by atoms with E-state index in [-0.39, 0.29) is 0 Å². The number of thiophene rings is 2. The second-order valence-electron chi connectivity index (χ2n) is 11.2. The Labute approximate surface area is 259 Å². The molecule has 4 aromatic heterocycles. The summed E-state index contributed by atoms with van der Waals surface area (Å²) in [5.74, 6) is 0.821. The van der Waals surface area contributed by atoms with Crippen molar-refractivity contribution in [2.75, 3.05) is 4.90 Å². The third kappa shape index (κ3) is 3.51. The van der Waals surface area contributed by atoms with Gasteiger partial charge in [-0.2, -0.15) is 0 Å². The van der Waals surface area contributed by atoms with Gasteiger partial charge in [0, 0.05) is 80.1 Å². The van der Waals surface area contributed by atoms with Gasteiger partial charge in [0.25, 0.3) is 0 Å². The lowest BCUT2D eigenvalue weighted by Crippen LogP contribution is -2.11. The van der Waals surface area contributed by atoms with Crippen molar-refractivity contribution >= 4 is 113 Å². The van der Waals surface area contributed by atoms with Crippen LogP contribution in [0.3, 0.4) is 0 Å². The number of hydrogen-bond acceptors (Lipinski definition) is 5. The van der Waals surface area contributed by atoms with E-state index in [1.165, 1.54) is 45.7 Å². The van der Waals surface area contributed by atoms with Gasteiger partial charge in [0.15, 0.2) is 0 Å². The van der Waals surface area contributed by atoms with Gasteiger partial charge in [-0.1, -0.05) is 78.9 Å². The van der Waals surface area contributed by atoms with Crippen molar-refractivity contribution in [3.05, 3.63) is 134 Å². The molecule has 10 rings (SSSR count). The smallest absolute Gasteiger partial charge is 0.143 e. The minimum Gasteiger partial charge on any atom is -0.455 e. The van der Waals surface area contributed by atoms with Crippen molar-refractivity contribution in [3.63, 3.8) is 0 Å². The molecule has 0 radical (unpaired) electrons. The summed E-state index contributed by atoms with van der Waals surface area (Å²) in [5, 5.41) is 9.55. The maximum Gasteiger partial charge on any atom is 0.143 e. The van der Waals surface area contributed by atoms with Crippen LogP contribution in [0.25, 0.3) is 73.1 Å². The Morgan fingerprint density at radius 3 is 1.73 bits per heavy atom. The number of fused-ring (bicyclic) bond motifs is 11. The van der Waals surface area contributed by atoms with Crippen LogP contribution < -0.4 is 4.90 Å². The van der Waals surface area contributed by atoms with Crippen LogP contribution in [0.1, 0.15) is 0 Å². The summed E-state index contributed by atoms with van der Waals surface area (Å²) in [7, 11) is 0. The van der Waals surface area contributed by atoms with Crippen LogP contribution in [0.15, 0.2) is 138 Å². The third-order valence-electron chi connectivity index (χ3n) is 8.70. The fraction of sp³-hybridized carbons (Fsp3) is 0. The maximum absolute atomic E-state index is 6.59. The van der Waals surface area contributed by atoms with Crippen molar-refractivity contribution < 1.29 is 4.42 Å². The van der Waals surface area contributed by atoms with Gasteiger partial charge in [-0.25, -0.2) is 4.98 Å². The summed E-state index contributed by atoms with van der Waals surface area (Å²) >= 11 is 3.66. The zero-order valence-corrected chi connectivity index (χ0v) is 25.0. The molecule has 4 heterocycles. The Morgan fingerprint density at radius 2 is 1.05 bits per heavy atom. The minimum atomic E-state index is 0.821. The average molecular weight is 599 g/mol. The van der Waals surface area contributed by atoms with E-state index in [0.717, 1.165) is 44.5 Å².